The van der Waals surface area contributed by atoms with Crippen molar-refractivity contribution in [3.05, 3.63) is 48.6 Å². The van der Waals surface area contributed by atoms with Gasteiger partial charge in [0, 0.05) is 19.4 Å². The number of nitrogens with two attached hydrogens (primary N) is 1. The second kappa shape index (κ2) is 30.0. The number of rotatable bonds is 29. The predicted octanol–water partition coefficient (Wildman–Crippen LogP) is 8.04. The molecule has 0 spiro atoms. The van der Waals surface area contributed by atoms with Crippen molar-refractivity contribution in [2.24, 2.45) is 5.73 Å². The fourth-order valence-corrected chi connectivity index (χ4v) is 4.65. The van der Waals surface area contributed by atoms with Crippen molar-refractivity contribution in [1.82, 2.24) is 0 Å². The van der Waals surface area contributed by atoms with Gasteiger partial charge in [-0.2, -0.15) is 0 Å². The molecule has 0 aromatic heterocycles. The van der Waals surface area contributed by atoms with Crippen molar-refractivity contribution in [3.8, 4) is 0 Å². The van der Waals surface area contributed by atoms with Crippen molar-refractivity contribution in [2.75, 3.05) is 26.4 Å². The lowest BCUT2D eigenvalue weighted by Crippen LogP contribution is -2.29. The minimum absolute atomic E-state index is 0.0418. The Morgan fingerprint density at radius 1 is 0.721 bits per heavy atom. The molecule has 0 rings (SSSR count). The Hall–Kier alpha value is -2.03. The summed E-state index contributed by atoms with van der Waals surface area (Å²) >= 11 is 0. The maximum Gasteiger partial charge on any atom is 0.472 e. The maximum atomic E-state index is 12.4. The molecule has 0 aromatic rings. The van der Waals surface area contributed by atoms with Crippen LogP contribution in [0.5, 0.6) is 0 Å². The third-order valence-electron chi connectivity index (χ3n) is 6.24. The van der Waals surface area contributed by atoms with E-state index in [1.807, 2.05) is 12.2 Å². The minimum Gasteiger partial charge on any atom is -0.462 e. The Morgan fingerprint density at radius 2 is 1.28 bits per heavy atom. The summed E-state index contributed by atoms with van der Waals surface area (Å²) in [7, 11) is -4.38. The first-order valence-corrected chi connectivity index (χ1v) is 17.6. The highest BCUT2D eigenvalue weighted by atomic mass is 31.2. The van der Waals surface area contributed by atoms with Gasteiger partial charge in [-0.3, -0.25) is 18.6 Å². The number of allylic oxidation sites excluding steroid dienone is 8. The zero-order valence-electron chi connectivity index (χ0n) is 26.7. The number of carbonyl (C=O) groups is 2. The molecule has 248 valence electrons. The number of hydrogen-bond acceptors (Lipinski definition) is 8. The Balaban J connectivity index is 4.46. The van der Waals surface area contributed by atoms with Crippen molar-refractivity contribution in [3.63, 3.8) is 0 Å². The number of carbonyl (C=O) groups excluding carboxylic acids is 2. The van der Waals surface area contributed by atoms with E-state index in [0.717, 1.165) is 44.9 Å². The molecule has 0 aromatic carbocycles. The van der Waals surface area contributed by atoms with Crippen LogP contribution in [0.3, 0.4) is 0 Å². The Kier molecular flexibility index (Phi) is 28.6. The first-order valence-electron chi connectivity index (χ1n) is 16.1. The van der Waals surface area contributed by atoms with Crippen LogP contribution in [0.4, 0.5) is 0 Å². The Morgan fingerprint density at radius 3 is 1.86 bits per heavy atom. The molecule has 0 aliphatic rings. The van der Waals surface area contributed by atoms with Gasteiger partial charge in [-0.25, -0.2) is 4.57 Å². The van der Waals surface area contributed by atoms with E-state index >= 15 is 0 Å². The molecule has 43 heavy (non-hydrogen) atoms. The summed E-state index contributed by atoms with van der Waals surface area (Å²) in [6.07, 6.45) is 30.3. The highest BCUT2D eigenvalue weighted by Gasteiger charge is 2.25. The van der Waals surface area contributed by atoms with Gasteiger partial charge in [-0.05, 0) is 38.5 Å². The quantitative estimate of drug-likeness (QED) is 0.0366. The number of hydrogen-bond donors (Lipinski definition) is 2. The van der Waals surface area contributed by atoms with Crippen molar-refractivity contribution in [2.45, 2.75) is 123 Å². The fraction of sp³-hybridized carbons (Fsp3) is 0.697. The normalized spacial score (nSPS) is 14.2. The first-order chi connectivity index (χ1) is 20.8. The molecule has 0 bridgehead atoms. The van der Waals surface area contributed by atoms with Crippen molar-refractivity contribution < 1.29 is 37.6 Å². The van der Waals surface area contributed by atoms with Crippen molar-refractivity contribution in [1.29, 1.82) is 0 Å². The van der Waals surface area contributed by atoms with E-state index in [9.17, 15) is 19.0 Å². The van der Waals surface area contributed by atoms with Crippen LogP contribution in [-0.2, 0) is 32.7 Å². The van der Waals surface area contributed by atoms with E-state index in [2.05, 4.69) is 50.3 Å². The van der Waals surface area contributed by atoms with E-state index in [1.54, 1.807) is 0 Å². The monoisotopic (exact) mass is 627 g/mol. The molecule has 0 aliphatic heterocycles. The molecule has 0 aliphatic carbocycles. The standard InChI is InChI=1S/C33H58NO8P/c1-3-5-7-9-11-13-14-15-16-18-20-22-24-26-33(36)42-31(30-41-43(37,38)40-28-27-34)29-39-32(35)25-23-21-19-17-12-10-8-6-4-2/h5,7,11,13,15-16,20,22,31H,3-4,6,8-10,12,14,17-19,21,23-30,34H2,1-2H3,(H,37,38)/b7-5-,13-11-,16-15-,22-20-. The molecule has 0 heterocycles. The minimum atomic E-state index is -4.38. The lowest BCUT2D eigenvalue weighted by atomic mass is 10.1. The topological polar surface area (TPSA) is 134 Å². The lowest BCUT2D eigenvalue weighted by Gasteiger charge is -2.19. The number of esters is 2. The van der Waals surface area contributed by atoms with E-state index in [0.29, 0.717) is 6.42 Å². The summed E-state index contributed by atoms with van der Waals surface area (Å²) in [4.78, 5) is 34.4. The molecule has 10 heteroatoms. The summed E-state index contributed by atoms with van der Waals surface area (Å²) in [5, 5.41) is 0. The van der Waals surface area contributed by atoms with E-state index in [4.69, 9.17) is 24.3 Å². The number of phosphoric acid groups is 1. The summed E-state index contributed by atoms with van der Waals surface area (Å²) in [5.41, 5.74) is 5.30. The fourth-order valence-electron chi connectivity index (χ4n) is 3.88. The summed E-state index contributed by atoms with van der Waals surface area (Å²) in [6.45, 7) is 3.46. The van der Waals surface area contributed by atoms with Gasteiger partial charge >= 0.3 is 19.8 Å². The SMILES string of the molecule is CC/C=C\C/C=C\C/C=C\C/C=C\CCC(=O)OC(COC(=O)CCCCCCCCCCC)COP(=O)(O)OCCN. The van der Waals surface area contributed by atoms with Gasteiger partial charge < -0.3 is 20.1 Å². The van der Waals surface area contributed by atoms with Crippen LogP contribution in [0.25, 0.3) is 0 Å². The first kappa shape index (κ1) is 41.0. The molecule has 0 saturated carbocycles. The van der Waals surface area contributed by atoms with Gasteiger partial charge in [0.1, 0.15) is 6.61 Å². The molecule has 0 saturated heterocycles. The summed E-state index contributed by atoms with van der Waals surface area (Å²) in [6, 6.07) is 0. The number of phosphoric ester groups is 1. The predicted molar refractivity (Wildman–Crippen MR) is 173 cm³/mol. The molecule has 0 radical (unpaired) electrons. The molecule has 2 atom stereocenters. The largest absolute Gasteiger partial charge is 0.472 e. The zero-order valence-corrected chi connectivity index (χ0v) is 27.6. The highest BCUT2D eigenvalue weighted by molar-refractivity contribution is 7.47. The van der Waals surface area contributed by atoms with Crippen LogP contribution in [0.1, 0.15) is 117 Å². The average Bonchev–Trinajstić information content (AvgIpc) is 2.99. The van der Waals surface area contributed by atoms with E-state index < -0.39 is 32.5 Å². The van der Waals surface area contributed by atoms with E-state index in [-0.39, 0.29) is 32.6 Å². The molecular weight excluding hydrogens is 569 g/mol. The molecule has 3 N–H and O–H groups in total. The van der Waals surface area contributed by atoms with Crippen LogP contribution >= 0.6 is 7.82 Å². The highest BCUT2D eigenvalue weighted by Crippen LogP contribution is 2.43. The van der Waals surface area contributed by atoms with E-state index in [1.165, 1.54) is 38.5 Å². The van der Waals surface area contributed by atoms with Crippen molar-refractivity contribution >= 4 is 19.8 Å². The summed E-state index contributed by atoms with van der Waals surface area (Å²) in [5.74, 6) is -0.933. The smallest absolute Gasteiger partial charge is 0.462 e. The van der Waals surface area contributed by atoms with Crippen LogP contribution in [0.15, 0.2) is 48.6 Å². The van der Waals surface area contributed by atoms with Gasteiger partial charge in [-0.1, -0.05) is 114 Å². The zero-order chi connectivity index (χ0) is 31.9. The second-order valence-corrected chi connectivity index (χ2v) is 11.8. The Bertz CT molecular complexity index is 856. The van der Waals surface area contributed by atoms with Gasteiger partial charge in [0.2, 0.25) is 0 Å². The van der Waals surface area contributed by atoms with Crippen LogP contribution in [0.2, 0.25) is 0 Å². The molecule has 2 unspecified atom stereocenters. The third-order valence-corrected chi connectivity index (χ3v) is 7.23. The molecule has 9 nitrogen and oxygen atoms in total. The van der Waals surface area contributed by atoms with Gasteiger partial charge in [0.15, 0.2) is 6.10 Å². The molecule has 0 amide bonds. The van der Waals surface area contributed by atoms with Gasteiger partial charge in [0.25, 0.3) is 0 Å². The lowest BCUT2D eigenvalue weighted by molar-refractivity contribution is -0.161. The Labute approximate surface area is 260 Å². The second-order valence-electron chi connectivity index (χ2n) is 10.3. The summed E-state index contributed by atoms with van der Waals surface area (Å²) < 4.78 is 32.3. The number of unbranched alkanes of at least 4 members (excludes halogenated alkanes) is 8. The van der Waals surface area contributed by atoms with Crippen LogP contribution < -0.4 is 5.73 Å². The third kappa shape index (κ3) is 29.8. The van der Waals surface area contributed by atoms with Crippen LogP contribution in [-0.4, -0.2) is 49.3 Å². The molecular formula is C33H58NO8P. The number of ether oxygens (including phenoxy) is 2. The average molecular weight is 628 g/mol. The molecule has 0 fully saturated rings. The van der Waals surface area contributed by atoms with Gasteiger partial charge in [0.05, 0.1) is 13.2 Å². The maximum absolute atomic E-state index is 12.4. The van der Waals surface area contributed by atoms with Gasteiger partial charge in [-0.15, -0.1) is 0 Å². The van der Waals surface area contributed by atoms with Crippen LogP contribution in [0, 0.1) is 0 Å².